The third-order valence-corrected chi connectivity index (χ3v) is 8.93. The molecule has 36 heavy (non-hydrogen) atoms. The number of piperazine rings is 1. The Hall–Kier alpha value is -3.00. The van der Waals surface area contributed by atoms with Crippen molar-refractivity contribution in [1.82, 2.24) is 14.3 Å². The standard InChI is InChI=1S/C28H29ClN4O2S/c1-3-26-25(19-21-11-13-23(29)14-12-21)28(31-20(2)30-26)32-15-17-33(18-16-32)36(34,35)27-10-6-8-22-7-4-5-9-24(22)27/h4-14H,3,15-19H2,1-2H3. The minimum atomic E-state index is -3.62. The fourth-order valence-electron chi connectivity index (χ4n) is 4.88. The molecule has 0 spiro atoms. The molecule has 186 valence electrons. The van der Waals surface area contributed by atoms with Crippen LogP contribution >= 0.6 is 11.6 Å². The Morgan fingerprint density at radius 2 is 1.58 bits per heavy atom. The smallest absolute Gasteiger partial charge is 0.243 e. The monoisotopic (exact) mass is 520 g/mol. The summed E-state index contributed by atoms with van der Waals surface area (Å²) in [5, 5.41) is 2.39. The molecular weight excluding hydrogens is 492 g/mol. The fourth-order valence-corrected chi connectivity index (χ4v) is 6.64. The van der Waals surface area contributed by atoms with Crippen LogP contribution in [0.4, 0.5) is 5.82 Å². The van der Waals surface area contributed by atoms with Gasteiger partial charge >= 0.3 is 0 Å². The Morgan fingerprint density at radius 1 is 0.889 bits per heavy atom. The largest absolute Gasteiger partial charge is 0.354 e. The number of aromatic nitrogens is 2. The van der Waals surface area contributed by atoms with E-state index in [-0.39, 0.29) is 0 Å². The Kier molecular flexibility index (Phi) is 6.97. The van der Waals surface area contributed by atoms with Crippen molar-refractivity contribution >= 4 is 38.2 Å². The average Bonchev–Trinajstić information content (AvgIpc) is 2.90. The van der Waals surface area contributed by atoms with Crippen molar-refractivity contribution in [1.29, 1.82) is 0 Å². The second-order valence-electron chi connectivity index (χ2n) is 9.04. The molecule has 1 saturated heterocycles. The van der Waals surface area contributed by atoms with E-state index >= 15 is 0 Å². The van der Waals surface area contributed by atoms with Gasteiger partial charge in [0.05, 0.1) is 4.90 Å². The van der Waals surface area contributed by atoms with Gasteiger partial charge in [-0.05, 0) is 42.5 Å². The predicted octanol–water partition coefficient (Wildman–Crippen LogP) is 5.26. The van der Waals surface area contributed by atoms with E-state index in [4.69, 9.17) is 21.6 Å². The molecule has 4 aromatic rings. The van der Waals surface area contributed by atoms with Gasteiger partial charge in [-0.25, -0.2) is 18.4 Å². The highest BCUT2D eigenvalue weighted by Crippen LogP contribution is 2.29. The molecule has 6 nitrogen and oxygen atoms in total. The number of aryl methyl sites for hydroxylation is 2. The number of benzene rings is 3. The van der Waals surface area contributed by atoms with Crippen molar-refractivity contribution in [3.63, 3.8) is 0 Å². The molecule has 1 aromatic heterocycles. The molecule has 1 fully saturated rings. The zero-order valence-corrected chi connectivity index (χ0v) is 22.1. The molecule has 0 saturated carbocycles. The molecule has 5 rings (SSSR count). The highest BCUT2D eigenvalue weighted by molar-refractivity contribution is 7.89. The summed E-state index contributed by atoms with van der Waals surface area (Å²) in [6.45, 7) is 5.95. The van der Waals surface area contributed by atoms with E-state index in [1.807, 2.05) is 67.6 Å². The first-order chi connectivity index (χ1) is 17.4. The van der Waals surface area contributed by atoms with Crippen LogP contribution in [0.3, 0.4) is 0 Å². The minimum Gasteiger partial charge on any atom is -0.354 e. The summed E-state index contributed by atoms with van der Waals surface area (Å²) < 4.78 is 28.8. The van der Waals surface area contributed by atoms with Crippen LogP contribution in [-0.2, 0) is 22.9 Å². The minimum absolute atomic E-state index is 0.364. The maximum absolute atomic E-state index is 13.6. The van der Waals surface area contributed by atoms with E-state index in [0.717, 1.165) is 45.7 Å². The fraction of sp³-hybridized carbons (Fsp3) is 0.286. The van der Waals surface area contributed by atoms with Crippen molar-refractivity contribution in [3.05, 3.63) is 94.4 Å². The van der Waals surface area contributed by atoms with E-state index in [1.54, 1.807) is 10.4 Å². The van der Waals surface area contributed by atoms with Gasteiger partial charge in [0.15, 0.2) is 0 Å². The number of hydrogen-bond donors (Lipinski definition) is 0. The molecule has 0 N–H and O–H groups in total. The summed E-state index contributed by atoms with van der Waals surface area (Å²) in [5.41, 5.74) is 3.26. The van der Waals surface area contributed by atoms with Crippen molar-refractivity contribution in [3.8, 4) is 0 Å². The number of nitrogens with zero attached hydrogens (tertiary/aromatic N) is 4. The number of sulfonamides is 1. The molecule has 1 aliphatic rings. The van der Waals surface area contributed by atoms with Gasteiger partial charge < -0.3 is 4.90 Å². The maximum Gasteiger partial charge on any atom is 0.243 e. The summed E-state index contributed by atoms with van der Waals surface area (Å²) in [6, 6.07) is 20.9. The third kappa shape index (κ3) is 4.83. The van der Waals surface area contributed by atoms with E-state index in [1.165, 1.54) is 0 Å². The van der Waals surface area contributed by atoms with Crippen LogP contribution < -0.4 is 4.90 Å². The van der Waals surface area contributed by atoms with E-state index < -0.39 is 10.0 Å². The van der Waals surface area contributed by atoms with E-state index in [0.29, 0.717) is 42.5 Å². The van der Waals surface area contributed by atoms with Crippen LogP contribution in [0.1, 0.15) is 29.6 Å². The van der Waals surface area contributed by atoms with Gasteiger partial charge in [-0.2, -0.15) is 4.31 Å². The Bertz CT molecular complexity index is 1490. The second kappa shape index (κ2) is 10.2. The Balaban J connectivity index is 1.42. The van der Waals surface area contributed by atoms with Gasteiger partial charge in [-0.15, -0.1) is 0 Å². The molecule has 2 heterocycles. The molecular formula is C28H29ClN4O2S. The van der Waals surface area contributed by atoms with E-state index in [2.05, 4.69) is 11.8 Å². The molecule has 0 amide bonds. The summed E-state index contributed by atoms with van der Waals surface area (Å²) in [6.07, 6.45) is 1.50. The first kappa shape index (κ1) is 24.7. The van der Waals surface area contributed by atoms with Gasteiger partial charge in [0.25, 0.3) is 0 Å². The number of halogens is 1. The number of fused-ring (bicyclic) bond motifs is 1. The zero-order chi connectivity index (χ0) is 25.3. The Morgan fingerprint density at radius 3 is 2.31 bits per heavy atom. The first-order valence-electron chi connectivity index (χ1n) is 12.2. The number of anilines is 1. The van der Waals surface area contributed by atoms with Gasteiger partial charge in [-0.3, -0.25) is 0 Å². The van der Waals surface area contributed by atoms with Crippen LogP contribution in [-0.4, -0.2) is 48.9 Å². The van der Waals surface area contributed by atoms with Crippen molar-refractivity contribution < 1.29 is 8.42 Å². The average molecular weight is 521 g/mol. The summed E-state index contributed by atoms with van der Waals surface area (Å²) >= 11 is 6.09. The topological polar surface area (TPSA) is 66.4 Å². The molecule has 0 atom stereocenters. The third-order valence-electron chi connectivity index (χ3n) is 6.72. The summed E-state index contributed by atoms with van der Waals surface area (Å²) in [4.78, 5) is 12.1. The highest BCUT2D eigenvalue weighted by Gasteiger charge is 2.31. The lowest BCUT2D eigenvalue weighted by Crippen LogP contribution is -2.49. The number of rotatable bonds is 6. The van der Waals surface area contributed by atoms with Crippen LogP contribution in [0, 0.1) is 6.92 Å². The lowest BCUT2D eigenvalue weighted by atomic mass is 10.0. The predicted molar refractivity (Wildman–Crippen MR) is 145 cm³/mol. The SMILES string of the molecule is CCc1nc(C)nc(N2CCN(S(=O)(=O)c3cccc4ccccc34)CC2)c1Cc1ccc(Cl)cc1. The molecule has 0 bridgehead atoms. The van der Waals surface area contributed by atoms with Gasteiger partial charge in [0, 0.05) is 54.3 Å². The summed E-state index contributed by atoms with van der Waals surface area (Å²) in [5.74, 6) is 1.63. The zero-order valence-electron chi connectivity index (χ0n) is 20.5. The number of hydrogen-bond acceptors (Lipinski definition) is 5. The van der Waals surface area contributed by atoms with Crippen molar-refractivity contribution in [2.45, 2.75) is 31.6 Å². The van der Waals surface area contributed by atoms with Crippen LogP contribution in [0.25, 0.3) is 10.8 Å². The quantitative estimate of drug-likeness (QED) is 0.347. The lowest BCUT2D eigenvalue weighted by molar-refractivity contribution is 0.383. The Labute approximate surface area is 217 Å². The second-order valence-corrected chi connectivity index (χ2v) is 11.4. The molecule has 0 radical (unpaired) electrons. The maximum atomic E-state index is 13.6. The normalized spacial score (nSPS) is 14.9. The summed E-state index contributed by atoms with van der Waals surface area (Å²) in [7, 11) is -3.62. The molecule has 0 unspecified atom stereocenters. The molecule has 0 aliphatic carbocycles. The first-order valence-corrected chi connectivity index (χ1v) is 14.0. The van der Waals surface area contributed by atoms with Crippen molar-refractivity contribution in [2.75, 3.05) is 31.1 Å². The molecule has 3 aromatic carbocycles. The molecule has 8 heteroatoms. The lowest BCUT2D eigenvalue weighted by Gasteiger charge is -2.36. The van der Waals surface area contributed by atoms with Gasteiger partial charge in [0.1, 0.15) is 11.6 Å². The van der Waals surface area contributed by atoms with E-state index in [9.17, 15) is 8.42 Å². The van der Waals surface area contributed by atoms with Gasteiger partial charge in [0.2, 0.25) is 10.0 Å². The highest BCUT2D eigenvalue weighted by atomic mass is 35.5. The van der Waals surface area contributed by atoms with Crippen LogP contribution in [0.2, 0.25) is 5.02 Å². The van der Waals surface area contributed by atoms with Crippen LogP contribution in [0.15, 0.2) is 71.6 Å². The van der Waals surface area contributed by atoms with Crippen LogP contribution in [0.5, 0.6) is 0 Å². The van der Waals surface area contributed by atoms with Crippen molar-refractivity contribution in [2.24, 2.45) is 0 Å². The molecule has 1 aliphatic heterocycles. The van der Waals surface area contributed by atoms with Gasteiger partial charge in [-0.1, -0.05) is 67.1 Å².